The SMILES string of the molecule is COc1csc(C(N)c2cccc(Br)c2F)c1. The predicted molar refractivity (Wildman–Crippen MR) is 71.0 cm³/mol. The highest BCUT2D eigenvalue weighted by Crippen LogP contribution is 2.32. The van der Waals surface area contributed by atoms with E-state index < -0.39 is 6.04 Å². The summed E-state index contributed by atoms with van der Waals surface area (Å²) in [7, 11) is 1.59. The van der Waals surface area contributed by atoms with E-state index in [1.165, 1.54) is 11.3 Å². The van der Waals surface area contributed by atoms with Crippen molar-refractivity contribution in [2.45, 2.75) is 6.04 Å². The number of hydrogen-bond donors (Lipinski definition) is 1. The zero-order valence-corrected chi connectivity index (χ0v) is 11.5. The van der Waals surface area contributed by atoms with Crippen molar-refractivity contribution in [2.75, 3.05) is 7.11 Å². The van der Waals surface area contributed by atoms with Gasteiger partial charge in [0.15, 0.2) is 0 Å². The Hall–Kier alpha value is -0.910. The van der Waals surface area contributed by atoms with E-state index in [1.54, 1.807) is 25.3 Å². The van der Waals surface area contributed by atoms with Crippen LogP contribution in [0.1, 0.15) is 16.5 Å². The third-order valence-corrected chi connectivity index (χ3v) is 4.06. The molecule has 0 aliphatic rings. The zero-order chi connectivity index (χ0) is 12.4. The van der Waals surface area contributed by atoms with Crippen LogP contribution in [-0.4, -0.2) is 7.11 Å². The normalized spacial score (nSPS) is 12.5. The van der Waals surface area contributed by atoms with Crippen molar-refractivity contribution in [1.82, 2.24) is 0 Å². The molecule has 0 bridgehead atoms. The summed E-state index contributed by atoms with van der Waals surface area (Å²) >= 11 is 4.61. The first-order valence-electron chi connectivity index (χ1n) is 4.95. The summed E-state index contributed by atoms with van der Waals surface area (Å²) in [5.41, 5.74) is 6.52. The van der Waals surface area contributed by atoms with Crippen molar-refractivity contribution < 1.29 is 9.13 Å². The Morgan fingerprint density at radius 3 is 2.88 bits per heavy atom. The maximum absolute atomic E-state index is 13.9. The van der Waals surface area contributed by atoms with Crippen molar-refractivity contribution in [1.29, 1.82) is 0 Å². The van der Waals surface area contributed by atoms with Crippen molar-refractivity contribution >= 4 is 27.3 Å². The van der Waals surface area contributed by atoms with Gasteiger partial charge in [-0.05, 0) is 28.1 Å². The highest BCUT2D eigenvalue weighted by atomic mass is 79.9. The summed E-state index contributed by atoms with van der Waals surface area (Å²) in [6, 6.07) is 6.47. The van der Waals surface area contributed by atoms with E-state index in [0.717, 1.165) is 10.6 Å². The molecule has 0 amide bonds. The summed E-state index contributed by atoms with van der Waals surface area (Å²) < 4.78 is 19.4. The lowest BCUT2D eigenvalue weighted by atomic mass is 10.1. The molecular formula is C12H11BrFNOS. The third-order valence-electron chi connectivity index (χ3n) is 2.45. The topological polar surface area (TPSA) is 35.2 Å². The van der Waals surface area contributed by atoms with Gasteiger partial charge in [-0.15, -0.1) is 11.3 Å². The highest BCUT2D eigenvalue weighted by Gasteiger charge is 2.17. The van der Waals surface area contributed by atoms with Crippen LogP contribution in [-0.2, 0) is 0 Å². The zero-order valence-electron chi connectivity index (χ0n) is 9.11. The Bertz CT molecular complexity index is 529. The Morgan fingerprint density at radius 2 is 2.24 bits per heavy atom. The van der Waals surface area contributed by atoms with E-state index in [1.807, 2.05) is 11.4 Å². The van der Waals surface area contributed by atoms with Gasteiger partial charge in [-0.1, -0.05) is 12.1 Å². The fourth-order valence-corrected chi connectivity index (χ4v) is 2.77. The molecule has 0 radical (unpaired) electrons. The summed E-state index contributed by atoms with van der Waals surface area (Å²) in [5.74, 6) is 0.434. The molecule has 2 rings (SSSR count). The van der Waals surface area contributed by atoms with Gasteiger partial charge in [0.1, 0.15) is 11.6 Å². The molecule has 2 nitrogen and oxygen atoms in total. The third kappa shape index (κ3) is 2.51. The molecule has 0 fully saturated rings. The number of halogens is 2. The van der Waals surface area contributed by atoms with Gasteiger partial charge in [-0.2, -0.15) is 0 Å². The fourth-order valence-electron chi connectivity index (χ4n) is 1.52. The van der Waals surface area contributed by atoms with Crippen molar-refractivity contribution in [3.8, 4) is 5.75 Å². The van der Waals surface area contributed by atoms with Crippen LogP contribution in [0.5, 0.6) is 5.75 Å². The van der Waals surface area contributed by atoms with Crippen molar-refractivity contribution in [3.63, 3.8) is 0 Å². The Balaban J connectivity index is 2.36. The number of thiophene rings is 1. The second kappa shape index (κ2) is 5.16. The average Bonchev–Trinajstić information content (AvgIpc) is 2.80. The molecule has 2 aromatic rings. The second-order valence-electron chi connectivity index (χ2n) is 3.51. The standard InChI is InChI=1S/C12H11BrFNOS/c1-16-7-5-10(17-6-7)12(15)8-3-2-4-9(13)11(8)14/h2-6,12H,15H2,1H3. The van der Waals surface area contributed by atoms with Gasteiger partial charge in [0.2, 0.25) is 0 Å². The second-order valence-corrected chi connectivity index (χ2v) is 5.31. The maximum atomic E-state index is 13.9. The van der Waals surface area contributed by atoms with Crippen LogP contribution in [0.2, 0.25) is 0 Å². The first-order chi connectivity index (χ1) is 8.13. The summed E-state index contributed by atoms with van der Waals surface area (Å²) in [4.78, 5) is 0.874. The minimum absolute atomic E-state index is 0.313. The van der Waals surface area contributed by atoms with Crippen molar-refractivity contribution in [3.05, 3.63) is 50.4 Å². The van der Waals surface area contributed by atoms with Gasteiger partial charge in [0.25, 0.3) is 0 Å². The molecule has 0 saturated carbocycles. The molecule has 1 atom stereocenters. The van der Waals surface area contributed by atoms with Crippen LogP contribution in [0.15, 0.2) is 34.1 Å². The first kappa shape index (κ1) is 12.5. The van der Waals surface area contributed by atoms with Crippen molar-refractivity contribution in [2.24, 2.45) is 5.73 Å². The van der Waals surface area contributed by atoms with Crippen LogP contribution in [0, 0.1) is 5.82 Å². The molecule has 1 aromatic carbocycles. The van der Waals surface area contributed by atoms with Crippen LogP contribution in [0.4, 0.5) is 4.39 Å². The van der Waals surface area contributed by atoms with Gasteiger partial charge >= 0.3 is 0 Å². The predicted octanol–water partition coefficient (Wildman–Crippen LogP) is 3.71. The first-order valence-corrected chi connectivity index (χ1v) is 6.62. The lowest BCUT2D eigenvalue weighted by Crippen LogP contribution is -2.12. The molecule has 5 heteroatoms. The molecule has 0 saturated heterocycles. The molecule has 2 N–H and O–H groups in total. The van der Waals surface area contributed by atoms with Crippen LogP contribution in [0.3, 0.4) is 0 Å². The average molecular weight is 316 g/mol. The van der Waals surface area contributed by atoms with E-state index in [4.69, 9.17) is 10.5 Å². The van der Waals surface area contributed by atoms with Crippen LogP contribution >= 0.6 is 27.3 Å². The number of hydrogen-bond acceptors (Lipinski definition) is 3. The largest absolute Gasteiger partial charge is 0.496 e. The summed E-state index contributed by atoms with van der Waals surface area (Å²) in [6.45, 7) is 0. The number of rotatable bonds is 3. The monoisotopic (exact) mass is 315 g/mol. The minimum atomic E-state index is -0.471. The van der Waals surface area contributed by atoms with Gasteiger partial charge in [0.05, 0.1) is 17.6 Å². The Morgan fingerprint density at radius 1 is 1.47 bits per heavy atom. The van der Waals surface area contributed by atoms with Crippen LogP contribution in [0.25, 0.3) is 0 Å². The van der Waals surface area contributed by atoms with Gasteiger partial charge in [-0.25, -0.2) is 4.39 Å². The lowest BCUT2D eigenvalue weighted by Gasteiger charge is -2.11. The smallest absolute Gasteiger partial charge is 0.142 e. The van der Waals surface area contributed by atoms with E-state index in [9.17, 15) is 4.39 Å². The molecular weight excluding hydrogens is 305 g/mol. The number of nitrogens with two attached hydrogens (primary N) is 1. The van der Waals surface area contributed by atoms with Gasteiger partial charge in [0, 0.05) is 15.8 Å². The lowest BCUT2D eigenvalue weighted by molar-refractivity contribution is 0.416. The molecule has 1 aromatic heterocycles. The van der Waals surface area contributed by atoms with E-state index in [0.29, 0.717) is 10.0 Å². The number of methoxy groups -OCH3 is 1. The van der Waals surface area contributed by atoms with Crippen LogP contribution < -0.4 is 10.5 Å². The number of benzene rings is 1. The van der Waals surface area contributed by atoms with E-state index in [-0.39, 0.29) is 5.82 Å². The molecule has 0 aliphatic carbocycles. The number of ether oxygens (including phenoxy) is 1. The quantitative estimate of drug-likeness (QED) is 0.937. The van der Waals surface area contributed by atoms with Gasteiger partial charge < -0.3 is 10.5 Å². The van der Waals surface area contributed by atoms with Gasteiger partial charge in [-0.3, -0.25) is 0 Å². The molecule has 90 valence electrons. The molecule has 17 heavy (non-hydrogen) atoms. The summed E-state index contributed by atoms with van der Waals surface area (Å²) in [5, 5.41) is 1.85. The fraction of sp³-hybridized carbons (Fsp3) is 0.167. The summed E-state index contributed by atoms with van der Waals surface area (Å²) in [6.07, 6.45) is 0. The molecule has 0 aliphatic heterocycles. The Kier molecular flexibility index (Phi) is 3.81. The van der Waals surface area contributed by atoms with E-state index >= 15 is 0 Å². The maximum Gasteiger partial charge on any atom is 0.142 e. The van der Waals surface area contributed by atoms with E-state index in [2.05, 4.69) is 15.9 Å². The molecule has 1 unspecified atom stereocenters. The molecule has 0 spiro atoms. The molecule has 1 heterocycles. The Labute approximate surface area is 111 Å². The highest BCUT2D eigenvalue weighted by molar-refractivity contribution is 9.10. The minimum Gasteiger partial charge on any atom is -0.496 e.